The molecule has 0 fully saturated rings. The summed E-state index contributed by atoms with van der Waals surface area (Å²) in [6, 6.07) is 6.68. The highest BCUT2D eigenvalue weighted by Gasteiger charge is 2.24. The molecule has 0 aliphatic heterocycles. The Bertz CT molecular complexity index is 896. The summed E-state index contributed by atoms with van der Waals surface area (Å²) in [7, 11) is 0. The largest absolute Gasteiger partial charge is 0.466 e. The number of esters is 1. The number of amides is 1. The zero-order chi connectivity index (χ0) is 21.9. The van der Waals surface area contributed by atoms with Crippen LogP contribution in [0.15, 0.2) is 29.1 Å². The maximum atomic E-state index is 12.9. The fraction of sp³-hybridized carbons (Fsp3) is 0.545. The number of hydrogen-bond acceptors (Lipinski definition) is 6. The van der Waals surface area contributed by atoms with Gasteiger partial charge in [-0.15, -0.1) is 0 Å². The van der Waals surface area contributed by atoms with Crippen LogP contribution in [0.3, 0.4) is 0 Å². The van der Waals surface area contributed by atoms with Gasteiger partial charge in [-0.25, -0.2) is 4.98 Å². The van der Waals surface area contributed by atoms with Gasteiger partial charge in [0.05, 0.1) is 30.0 Å². The molecule has 2 aromatic rings. The number of fused-ring (bicyclic) bond motifs is 1. The Morgan fingerprint density at radius 1 is 1.17 bits per heavy atom. The van der Waals surface area contributed by atoms with Crippen molar-refractivity contribution in [1.29, 1.82) is 0 Å². The lowest BCUT2D eigenvalue weighted by Crippen LogP contribution is -2.36. The van der Waals surface area contributed by atoms with Gasteiger partial charge in [-0.05, 0) is 45.4 Å². The second-order valence-corrected chi connectivity index (χ2v) is 7.24. The molecule has 8 nitrogen and oxygen atoms in total. The van der Waals surface area contributed by atoms with E-state index < -0.39 is 12.0 Å². The second kappa shape index (κ2) is 12.1. The topological polar surface area (TPSA) is 118 Å². The van der Waals surface area contributed by atoms with Crippen molar-refractivity contribution in [3.05, 3.63) is 40.4 Å². The molecule has 0 spiro atoms. The number of carbonyl (C=O) groups is 2. The van der Waals surface area contributed by atoms with Crippen LogP contribution in [0.25, 0.3) is 10.9 Å². The van der Waals surface area contributed by atoms with Crippen molar-refractivity contribution in [2.24, 2.45) is 5.73 Å². The molecule has 0 radical (unpaired) electrons. The highest BCUT2D eigenvalue weighted by Crippen LogP contribution is 2.20. The Balaban J connectivity index is 2.18. The molecule has 0 bridgehead atoms. The van der Waals surface area contributed by atoms with Crippen LogP contribution >= 0.6 is 0 Å². The normalized spacial score (nSPS) is 12.0. The first-order valence-electron chi connectivity index (χ1n) is 10.6. The average molecular weight is 417 g/mol. The molecule has 0 unspecified atom stereocenters. The van der Waals surface area contributed by atoms with E-state index in [1.807, 2.05) is 13.0 Å². The number of aromatic amines is 1. The summed E-state index contributed by atoms with van der Waals surface area (Å²) in [4.78, 5) is 46.1. The van der Waals surface area contributed by atoms with E-state index in [0.717, 1.165) is 25.7 Å². The molecule has 0 saturated heterocycles. The summed E-state index contributed by atoms with van der Waals surface area (Å²) in [6.45, 7) is 5.04. The lowest BCUT2D eigenvalue weighted by molar-refractivity contribution is -0.146. The lowest BCUT2D eigenvalue weighted by Gasteiger charge is -2.29. The zero-order valence-corrected chi connectivity index (χ0v) is 17.9. The molecule has 1 heterocycles. The first kappa shape index (κ1) is 23.5. The Kier molecular flexibility index (Phi) is 9.47. The minimum atomic E-state index is -0.425. The Morgan fingerprint density at radius 3 is 2.63 bits per heavy atom. The van der Waals surface area contributed by atoms with Crippen molar-refractivity contribution in [2.45, 2.75) is 58.4 Å². The van der Waals surface area contributed by atoms with E-state index in [9.17, 15) is 14.4 Å². The van der Waals surface area contributed by atoms with E-state index >= 15 is 0 Å². The monoisotopic (exact) mass is 416 g/mol. The van der Waals surface area contributed by atoms with Gasteiger partial charge in [-0.3, -0.25) is 14.4 Å². The predicted octanol–water partition coefficient (Wildman–Crippen LogP) is 2.68. The average Bonchev–Trinajstić information content (AvgIpc) is 2.74. The summed E-state index contributed by atoms with van der Waals surface area (Å²) < 4.78 is 4.93. The predicted molar refractivity (Wildman–Crippen MR) is 116 cm³/mol. The number of carbonyl (C=O) groups excluding carboxylic acids is 2. The van der Waals surface area contributed by atoms with Gasteiger partial charge < -0.3 is 20.4 Å². The number of nitrogens with zero attached hydrogens (tertiary/aromatic N) is 2. The van der Waals surface area contributed by atoms with Crippen molar-refractivity contribution in [3.63, 3.8) is 0 Å². The van der Waals surface area contributed by atoms with Crippen LogP contribution in [0.4, 0.5) is 0 Å². The molecular weight excluding hydrogens is 384 g/mol. The van der Waals surface area contributed by atoms with Gasteiger partial charge >= 0.3 is 5.97 Å². The van der Waals surface area contributed by atoms with Gasteiger partial charge in [-0.2, -0.15) is 0 Å². The second-order valence-electron chi connectivity index (χ2n) is 7.24. The Morgan fingerprint density at radius 2 is 1.90 bits per heavy atom. The number of benzene rings is 1. The number of aromatic nitrogens is 2. The third kappa shape index (κ3) is 6.66. The molecule has 2 rings (SSSR count). The fourth-order valence-corrected chi connectivity index (χ4v) is 3.35. The number of para-hydroxylation sites is 1. The molecule has 8 heteroatoms. The highest BCUT2D eigenvalue weighted by molar-refractivity contribution is 5.82. The number of hydrogen-bond donors (Lipinski definition) is 2. The molecule has 0 aliphatic rings. The molecule has 1 amide bonds. The summed E-state index contributed by atoms with van der Waals surface area (Å²) in [5.41, 5.74) is 5.90. The smallest absolute Gasteiger partial charge is 0.306 e. The number of H-pyrrole nitrogens is 1. The highest BCUT2D eigenvalue weighted by atomic mass is 16.5. The zero-order valence-electron chi connectivity index (χ0n) is 17.9. The van der Waals surface area contributed by atoms with Crippen LogP contribution in [-0.2, 0) is 14.3 Å². The molecular formula is C22H32N4O4. The van der Waals surface area contributed by atoms with Gasteiger partial charge in [0.15, 0.2) is 0 Å². The summed E-state index contributed by atoms with van der Waals surface area (Å²) in [5.74, 6) is -0.117. The standard InChI is InChI=1S/C22H32N4O4/c1-3-30-20(28)13-12-19(27)26(15-9-5-4-8-14-23)16(2)21-24-18-11-7-6-10-17(18)22(29)25-21/h6-7,10-11,16H,3-5,8-9,12-15,23H2,1-2H3,(H,24,25,29)/t16-/m0/s1. The van der Waals surface area contributed by atoms with Crippen LogP contribution in [0.2, 0.25) is 0 Å². The Labute approximate surface area is 176 Å². The van der Waals surface area contributed by atoms with E-state index in [2.05, 4.69) is 9.97 Å². The number of unbranched alkanes of at least 4 members (excludes halogenated alkanes) is 3. The minimum absolute atomic E-state index is 0.0325. The number of ether oxygens (including phenoxy) is 1. The summed E-state index contributed by atoms with van der Waals surface area (Å²) in [5, 5.41) is 0.510. The van der Waals surface area contributed by atoms with Crippen molar-refractivity contribution in [3.8, 4) is 0 Å². The van der Waals surface area contributed by atoms with Crippen molar-refractivity contribution in [2.75, 3.05) is 19.7 Å². The van der Waals surface area contributed by atoms with Gasteiger partial charge in [0, 0.05) is 13.0 Å². The third-order valence-electron chi connectivity index (χ3n) is 5.02. The van der Waals surface area contributed by atoms with E-state index in [0.29, 0.717) is 29.8 Å². The first-order valence-corrected chi connectivity index (χ1v) is 10.6. The van der Waals surface area contributed by atoms with Gasteiger partial charge in [0.25, 0.3) is 5.56 Å². The molecule has 164 valence electrons. The first-order chi connectivity index (χ1) is 14.5. The third-order valence-corrected chi connectivity index (χ3v) is 5.02. The maximum Gasteiger partial charge on any atom is 0.306 e. The van der Waals surface area contributed by atoms with E-state index in [4.69, 9.17) is 10.5 Å². The maximum absolute atomic E-state index is 12.9. The SMILES string of the molecule is CCOC(=O)CCC(=O)N(CCCCCCN)[C@@H](C)c1nc2ccccc2c(=O)[nH]1. The number of rotatable bonds is 12. The van der Waals surface area contributed by atoms with Crippen LogP contribution in [0.5, 0.6) is 0 Å². The van der Waals surface area contributed by atoms with Gasteiger partial charge in [-0.1, -0.05) is 25.0 Å². The molecule has 0 saturated carbocycles. The van der Waals surface area contributed by atoms with Crippen LogP contribution in [0, 0.1) is 0 Å². The van der Waals surface area contributed by atoms with Crippen LogP contribution < -0.4 is 11.3 Å². The van der Waals surface area contributed by atoms with Crippen LogP contribution in [0.1, 0.15) is 64.2 Å². The fourth-order valence-electron chi connectivity index (χ4n) is 3.35. The molecule has 1 aromatic carbocycles. The molecule has 0 aliphatic carbocycles. The van der Waals surface area contributed by atoms with Crippen molar-refractivity contribution in [1.82, 2.24) is 14.9 Å². The molecule has 1 aromatic heterocycles. The van der Waals surface area contributed by atoms with Crippen molar-refractivity contribution >= 4 is 22.8 Å². The molecule has 30 heavy (non-hydrogen) atoms. The quantitative estimate of drug-likeness (QED) is 0.406. The molecule has 3 N–H and O–H groups in total. The Hall–Kier alpha value is -2.74. The van der Waals surface area contributed by atoms with Gasteiger partial charge in [0.2, 0.25) is 5.91 Å². The molecule has 1 atom stereocenters. The van der Waals surface area contributed by atoms with Crippen LogP contribution in [-0.4, -0.2) is 46.4 Å². The number of nitrogens with one attached hydrogen (secondary N) is 1. The lowest BCUT2D eigenvalue weighted by atomic mass is 10.1. The van der Waals surface area contributed by atoms with Gasteiger partial charge in [0.1, 0.15) is 5.82 Å². The van der Waals surface area contributed by atoms with E-state index in [-0.39, 0.29) is 30.9 Å². The van der Waals surface area contributed by atoms with E-state index in [1.165, 1.54) is 0 Å². The van der Waals surface area contributed by atoms with Crippen molar-refractivity contribution < 1.29 is 14.3 Å². The summed E-state index contributed by atoms with van der Waals surface area (Å²) >= 11 is 0. The van der Waals surface area contributed by atoms with E-state index in [1.54, 1.807) is 30.0 Å². The summed E-state index contributed by atoms with van der Waals surface area (Å²) in [6.07, 6.45) is 3.81. The number of nitrogens with two attached hydrogens (primary N) is 1. The minimum Gasteiger partial charge on any atom is -0.466 e.